The van der Waals surface area contributed by atoms with Crippen LogP contribution < -0.4 is 11.1 Å². The van der Waals surface area contributed by atoms with Crippen LogP contribution in [0.3, 0.4) is 0 Å². The van der Waals surface area contributed by atoms with Gasteiger partial charge in [-0.05, 0) is 30.1 Å². The summed E-state index contributed by atoms with van der Waals surface area (Å²) in [6.45, 7) is 6.08. The molecule has 15 nitrogen and oxygen atoms in total. The first-order valence-electron chi connectivity index (χ1n) is 13.1. The molecule has 0 aliphatic carbocycles. The SMILES string of the molecule is CC(OC(=O)C1=C(CSc2nnnn2CCN(C)C)CS[C@H]2[C@H](NC(=O)Cc3csc(N)n3)C(=O)N12)OC(=O)C(C)C. The number of ether oxygens (including phenoxy) is 2. The van der Waals surface area contributed by atoms with Crippen LogP contribution in [0.25, 0.3) is 0 Å². The van der Waals surface area contributed by atoms with Crippen LogP contribution in [-0.2, 0) is 41.6 Å². The number of fused-ring (bicyclic) bond motifs is 1. The van der Waals surface area contributed by atoms with E-state index >= 15 is 0 Å². The molecule has 2 aromatic rings. The van der Waals surface area contributed by atoms with Crippen molar-refractivity contribution in [3.63, 3.8) is 0 Å². The number of hydrogen-bond donors (Lipinski definition) is 2. The average molecular weight is 640 g/mol. The van der Waals surface area contributed by atoms with Gasteiger partial charge in [0, 0.05) is 30.4 Å². The van der Waals surface area contributed by atoms with Crippen molar-refractivity contribution in [2.75, 3.05) is 37.9 Å². The van der Waals surface area contributed by atoms with Crippen molar-refractivity contribution < 1.29 is 28.7 Å². The molecule has 4 heterocycles. The molecule has 0 saturated carbocycles. The number of aromatic nitrogens is 5. The lowest BCUT2D eigenvalue weighted by molar-refractivity contribution is -0.186. The Balaban J connectivity index is 1.50. The topological polar surface area (TPSA) is 188 Å². The van der Waals surface area contributed by atoms with Crippen LogP contribution in [0.15, 0.2) is 21.8 Å². The lowest BCUT2D eigenvalue weighted by Crippen LogP contribution is -2.70. The summed E-state index contributed by atoms with van der Waals surface area (Å²) in [6.07, 6.45) is -1.19. The summed E-state index contributed by atoms with van der Waals surface area (Å²) >= 11 is 3.98. The maximum atomic E-state index is 13.4. The largest absolute Gasteiger partial charge is 0.425 e. The van der Waals surface area contributed by atoms with Crippen molar-refractivity contribution in [2.45, 2.75) is 56.6 Å². The van der Waals surface area contributed by atoms with Gasteiger partial charge in [-0.2, -0.15) is 0 Å². The third kappa shape index (κ3) is 7.59. The average Bonchev–Trinajstić information content (AvgIpc) is 3.56. The number of nitrogens with zero attached hydrogens (tertiary/aromatic N) is 7. The molecule has 2 amide bonds. The molecule has 2 aliphatic heterocycles. The predicted molar refractivity (Wildman–Crippen MR) is 156 cm³/mol. The summed E-state index contributed by atoms with van der Waals surface area (Å²) in [5.41, 5.74) is 6.85. The van der Waals surface area contributed by atoms with Crippen LogP contribution >= 0.6 is 34.9 Å². The number of esters is 2. The number of nitrogens with two attached hydrogens (primary N) is 1. The first-order chi connectivity index (χ1) is 19.9. The maximum Gasteiger partial charge on any atom is 0.358 e. The first-order valence-corrected chi connectivity index (χ1v) is 16.0. The molecule has 3 atom stereocenters. The fraction of sp³-hybridized carbons (Fsp3) is 0.583. The first kappa shape index (κ1) is 31.7. The molecule has 1 saturated heterocycles. The van der Waals surface area contributed by atoms with E-state index in [1.54, 1.807) is 23.9 Å². The number of likely N-dealkylation sites (N-methyl/N-ethyl adjacent to an activating group) is 1. The second-order valence-corrected chi connectivity index (χ2v) is 13.0. The van der Waals surface area contributed by atoms with E-state index in [2.05, 4.69) is 25.8 Å². The highest BCUT2D eigenvalue weighted by molar-refractivity contribution is 8.01. The van der Waals surface area contributed by atoms with Gasteiger partial charge in [0.15, 0.2) is 5.13 Å². The Morgan fingerprint density at radius 2 is 2.02 bits per heavy atom. The van der Waals surface area contributed by atoms with Gasteiger partial charge in [0.05, 0.1) is 24.6 Å². The molecule has 18 heteroatoms. The van der Waals surface area contributed by atoms with Gasteiger partial charge in [0.25, 0.3) is 5.91 Å². The van der Waals surface area contributed by atoms with Crippen LogP contribution in [0.1, 0.15) is 26.5 Å². The number of carbonyl (C=O) groups excluding carboxylic acids is 4. The normalized spacial score (nSPS) is 19.0. The zero-order valence-electron chi connectivity index (χ0n) is 23.8. The third-order valence-electron chi connectivity index (χ3n) is 6.13. The minimum Gasteiger partial charge on any atom is -0.425 e. The smallest absolute Gasteiger partial charge is 0.358 e. The Kier molecular flexibility index (Phi) is 10.4. The lowest BCUT2D eigenvalue weighted by Gasteiger charge is -2.49. The fourth-order valence-electron chi connectivity index (χ4n) is 3.99. The van der Waals surface area contributed by atoms with Crippen molar-refractivity contribution in [3.8, 4) is 0 Å². The van der Waals surface area contributed by atoms with E-state index in [0.717, 1.165) is 6.54 Å². The van der Waals surface area contributed by atoms with Crippen LogP contribution in [0.5, 0.6) is 0 Å². The van der Waals surface area contributed by atoms with Crippen molar-refractivity contribution in [1.29, 1.82) is 0 Å². The zero-order valence-corrected chi connectivity index (χ0v) is 26.3. The molecule has 0 radical (unpaired) electrons. The Morgan fingerprint density at radius 3 is 2.69 bits per heavy atom. The minimum atomic E-state index is -1.17. The molecule has 2 aromatic heterocycles. The van der Waals surface area contributed by atoms with Crippen molar-refractivity contribution in [1.82, 2.24) is 40.3 Å². The van der Waals surface area contributed by atoms with E-state index in [1.165, 1.54) is 46.7 Å². The maximum absolute atomic E-state index is 13.4. The molecule has 1 fully saturated rings. The molecular weight excluding hydrogens is 607 g/mol. The van der Waals surface area contributed by atoms with Gasteiger partial charge in [0.1, 0.15) is 17.1 Å². The molecular formula is C24H33N9O6S3. The number of nitrogens with one attached hydrogen (secondary N) is 1. The number of amides is 2. The number of thioether (sulfide) groups is 2. The number of nitrogen functional groups attached to an aromatic ring is 1. The second-order valence-electron chi connectivity index (χ2n) is 10.1. The van der Waals surface area contributed by atoms with E-state index in [4.69, 9.17) is 15.2 Å². The van der Waals surface area contributed by atoms with Crippen LogP contribution in [0.2, 0.25) is 0 Å². The molecule has 0 spiro atoms. The molecule has 0 aromatic carbocycles. The van der Waals surface area contributed by atoms with E-state index in [-0.39, 0.29) is 18.0 Å². The van der Waals surface area contributed by atoms with Gasteiger partial charge >= 0.3 is 11.9 Å². The molecule has 42 heavy (non-hydrogen) atoms. The summed E-state index contributed by atoms with van der Waals surface area (Å²) in [4.78, 5) is 58.9. The number of hydrogen-bond acceptors (Lipinski definition) is 15. The number of tetrazole rings is 1. The van der Waals surface area contributed by atoms with Crippen molar-refractivity contribution in [2.24, 2.45) is 5.92 Å². The molecule has 0 bridgehead atoms. The van der Waals surface area contributed by atoms with Gasteiger partial charge in [-0.3, -0.25) is 19.3 Å². The number of carbonyl (C=O) groups is 4. The quantitative estimate of drug-likeness (QED) is 0.132. The highest BCUT2D eigenvalue weighted by Crippen LogP contribution is 2.42. The number of rotatable bonds is 13. The van der Waals surface area contributed by atoms with Crippen LogP contribution in [-0.4, -0.2) is 109 Å². The lowest BCUT2D eigenvalue weighted by atomic mass is 10.0. The van der Waals surface area contributed by atoms with Crippen LogP contribution in [0, 0.1) is 5.92 Å². The van der Waals surface area contributed by atoms with Crippen LogP contribution in [0.4, 0.5) is 5.13 Å². The van der Waals surface area contributed by atoms with Gasteiger partial charge in [-0.1, -0.05) is 25.6 Å². The third-order valence-corrected chi connectivity index (χ3v) is 9.23. The Bertz CT molecular complexity index is 1360. The molecule has 2 aliphatic rings. The minimum absolute atomic E-state index is 0.0250. The number of anilines is 1. The fourth-order valence-corrected chi connectivity index (χ4v) is 6.94. The highest BCUT2D eigenvalue weighted by atomic mass is 32.2. The predicted octanol–water partition coefficient (Wildman–Crippen LogP) is 0.351. The summed E-state index contributed by atoms with van der Waals surface area (Å²) < 4.78 is 12.3. The Morgan fingerprint density at radius 1 is 1.26 bits per heavy atom. The summed E-state index contributed by atoms with van der Waals surface area (Å²) in [5.74, 6) is -1.87. The van der Waals surface area contributed by atoms with Gasteiger partial charge < -0.3 is 25.4 Å². The van der Waals surface area contributed by atoms with E-state index in [1.807, 2.05) is 19.0 Å². The zero-order chi connectivity index (χ0) is 30.6. The van der Waals surface area contributed by atoms with E-state index in [9.17, 15) is 19.2 Å². The number of thiazole rings is 1. The molecule has 4 rings (SSSR count). The molecule has 1 unspecified atom stereocenters. The van der Waals surface area contributed by atoms with E-state index < -0.39 is 41.5 Å². The Labute approximate surface area is 254 Å². The van der Waals surface area contributed by atoms with Gasteiger partial charge in [-0.25, -0.2) is 14.5 Å². The Hall–Kier alpha value is -3.22. The number of β-lactam (4-membered cyclic amide) rings is 1. The summed E-state index contributed by atoms with van der Waals surface area (Å²) in [6, 6.07) is -0.829. The highest BCUT2D eigenvalue weighted by Gasteiger charge is 2.54. The van der Waals surface area contributed by atoms with Gasteiger partial charge in [0.2, 0.25) is 17.4 Å². The molecule has 228 valence electrons. The summed E-state index contributed by atoms with van der Waals surface area (Å²) in [7, 11) is 3.90. The van der Waals surface area contributed by atoms with Crippen molar-refractivity contribution >= 4 is 63.7 Å². The van der Waals surface area contributed by atoms with Crippen molar-refractivity contribution in [3.05, 3.63) is 22.3 Å². The summed E-state index contributed by atoms with van der Waals surface area (Å²) in [5, 5.41) is 16.7. The van der Waals surface area contributed by atoms with Gasteiger partial charge in [-0.15, -0.1) is 28.2 Å². The second kappa shape index (κ2) is 13.8. The monoisotopic (exact) mass is 639 g/mol. The molecule has 3 N–H and O–H groups in total. The van der Waals surface area contributed by atoms with E-state index in [0.29, 0.717) is 39.6 Å². The standard InChI is InChI=1S/C24H33N9O6S3/c1-12(2)21(36)38-13(3)39-22(37)18-14(10-42-24-28-29-30-32(24)7-6-31(4)5)9-40-20-17(19(35)33(18)20)27-16(34)8-15-11-41-23(25)26-15/h11-13,17,20H,6-10H2,1-5H3,(H2,25,26)(H,27,34)/t13?,17-,20+/m1/s1.